The van der Waals surface area contributed by atoms with E-state index in [0.717, 1.165) is 6.08 Å². The Hall–Kier alpha value is -1.95. The minimum atomic E-state index is -2.28. The number of ether oxygens (including phenoxy) is 1. The summed E-state index contributed by atoms with van der Waals surface area (Å²) in [7, 11) is 0. The van der Waals surface area contributed by atoms with E-state index in [9.17, 15) is 20.1 Å². The van der Waals surface area contributed by atoms with Gasteiger partial charge in [0.25, 0.3) is 0 Å². The van der Waals surface area contributed by atoms with Crippen LogP contribution in [0.15, 0.2) is 54.3 Å². The number of ketones is 1. The van der Waals surface area contributed by atoms with E-state index in [1.807, 2.05) is 0 Å². The summed E-state index contributed by atoms with van der Waals surface area (Å²) in [5.74, 6) is -5.68. The fourth-order valence-electron chi connectivity index (χ4n) is 2.60. The van der Waals surface area contributed by atoms with Gasteiger partial charge in [-0.3, -0.25) is 4.79 Å². The molecule has 0 bridgehead atoms. The molecule has 2 unspecified atom stereocenters. The molecule has 1 aromatic rings. The third-order valence-corrected chi connectivity index (χ3v) is 3.56. The first kappa shape index (κ1) is 13.1. The summed E-state index contributed by atoms with van der Waals surface area (Å²) in [6, 6.07) is 8.54. The van der Waals surface area contributed by atoms with Crippen LogP contribution in [0.1, 0.15) is 12.0 Å². The first-order valence-corrected chi connectivity index (χ1v) is 6.26. The Labute approximate surface area is 115 Å². The van der Waals surface area contributed by atoms with E-state index in [1.165, 1.54) is 12.2 Å². The van der Waals surface area contributed by atoms with E-state index in [-0.39, 0.29) is 12.2 Å². The van der Waals surface area contributed by atoms with E-state index in [4.69, 9.17) is 4.74 Å². The summed E-state index contributed by atoms with van der Waals surface area (Å²) in [5.41, 5.74) is 0.448. The van der Waals surface area contributed by atoms with E-state index in [1.54, 1.807) is 30.3 Å². The predicted molar refractivity (Wildman–Crippen MR) is 68.9 cm³/mol. The van der Waals surface area contributed by atoms with Crippen molar-refractivity contribution in [1.29, 1.82) is 0 Å². The molecule has 0 spiro atoms. The van der Waals surface area contributed by atoms with Gasteiger partial charge in [-0.05, 0) is 12.2 Å². The van der Waals surface area contributed by atoms with Crippen molar-refractivity contribution in [2.75, 3.05) is 0 Å². The van der Waals surface area contributed by atoms with Gasteiger partial charge in [0.1, 0.15) is 11.7 Å². The monoisotopic (exact) mass is 274 g/mol. The lowest BCUT2D eigenvalue weighted by molar-refractivity contribution is -0.239. The van der Waals surface area contributed by atoms with E-state index >= 15 is 0 Å². The quantitative estimate of drug-likeness (QED) is 0.652. The summed E-state index contributed by atoms with van der Waals surface area (Å²) in [6.07, 6.45) is 3.63. The number of fused-ring (bicyclic) bond motifs is 1. The van der Waals surface area contributed by atoms with Crippen LogP contribution in [0, 0.1) is 5.92 Å². The first-order valence-electron chi connectivity index (χ1n) is 6.26. The molecule has 1 aliphatic carbocycles. The number of Topliss-reactive ketones (excluding diaryl/α,β-unsaturated/α-hetero) is 1. The summed E-state index contributed by atoms with van der Waals surface area (Å²) < 4.78 is 5.49. The fraction of sp³-hybridized carbons (Fsp3) is 0.267. The molecule has 5 heteroatoms. The lowest BCUT2D eigenvalue weighted by Gasteiger charge is -2.41. The van der Waals surface area contributed by atoms with Crippen LogP contribution in [0.25, 0.3) is 0 Å². The van der Waals surface area contributed by atoms with Crippen molar-refractivity contribution in [1.82, 2.24) is 0 Å². The molecule has 1 heterocycles. The Morgan fingerprint density at radius 3 is 2.55 bits per heavy atom. The number of allylic oxidation sites excluding steroid dienone is 2. The molecular formula is C15H14O5. The number of hydrogen-bond acceptors (Lipinski definition) is 5. The highest BCUT2D eigenvalue weighted by Crippen LogP contribution is 2.43. The molecule has 1 aromatic carbocycles. The van der Waals surface area contributed by atoms with Crippen LogP contribution in [0.5, 0.6) is 0 Å². The lowest BCUT2D eigenvalue weighted by Crippen LogP contribution is -2.51. The highest BCUT2D eigenvalue weighted by Gasteiger charge is 2.52. The summed E-state index contributed by atoms with van der Waals surface area (Å²) >= 11 is 0. The normalized spacial score (nSPS) is 31.2. The Morgan fingerprint density at radius 1 is 1.15 bits per heavy atom. The summed E-state index contributed by atoms with van der Waals surface area (Å²) in [4.78, 5) is 12.2. The van der Waals surface area contributed by atoms with Gasteiger partial charge in [-0.25, -0.2) is 0 Å². The molecule has 2 aliphatic rings. The minimum Gasteiger partial charge on any atom is -0.461 e. The molecule has 0 saturated carbocycles. The molecule has 0 amide bonds. The molecule has 0 radical (unpaired) electrons. The van der Waals surface area contributed by atoms with Gasteiger partial charge in [-0.2, -0.15) is 0 Å². The van der Waals surface area contributed by atoms with Gasteiger partial charge in [0.05, 0.1) is 6.42 Å². The van der Waals surface area contributed by atoms with Crippen molar-refractivity contribution in [3.05, 3.63) is 59.9 Å². The third kappa shape index (κ3) is 1.96. The number of carbonyl (C=O) groups excluding carboxylic acids is 1. The molecule has 104 valence electrons. The number of aliphatic hydroxyl groups is 3. The van der Waals surface area contributed by atoms with Gasteiger partial charge >= 0.3 is 0 Å². The van der Waals surface area contributed by atoms with E-state index in [0.29, 0.717) is 5.56 Å². The Bertz CT molecular complexity index is 602. The van der Waals surface area contributed by atoms with Crippen molar-refractivity contribution in [2.45, 2.75) is 18.0 Å². The second-order valence-corrected chi connectivity index (χ2v) is 5.04. The van der Waals surface area contributed by atoms with Crippen LogP contribution in [-0.2, 0) is 15.3 Å². The predicted octanol–water partition coefficient (Wildman–Crippen LogP) is 0.572. The number of hydrogen-bond donors (Lipinski definition) is 3. The third-order valence-electron chi connectivity index (χ3n) is 3.56. The maximum Gasteiger partial charge on any atom is 0.241 e. The first-order chi connectivity index (χ1) is 9.42. The zero-order chi connectivity index (χ0) is 14.4. The van der Waals surface area contributed by atoms with E-state index in [2.05, 4.69) is 0 Å². The minimum absolute atomic E-state index is 0.0557. The van der Waals surface area contributed by atoms with Crippen molar-refractivity contribution in [3.8, 4) is 0 Å². The fourth-order valence-corrected chi connectivity index (χ4v) is 2.60. The van der Waals surface area contributed by atoms with Crippen LogP contribution in [-0.4, -0.2) is 26.9 Å². The van der Waals surface area contributed by atoms with E-state index < -0.39 is 23.3 Å². The van der Waals surface area contributed by atoms with Crippen LogP contribution in [0.3, 0.4) is 0 Å². The average Bonchev–Trinajstić information content (AvgIpc) is 2.38. The molecule has 0 aromatic heterocycles. The van der Waals surface area contributed by atoms with Crippen molar-refractivity contribution in [2.24, 2.45) is 5.92 Å². The topological polar surface area (TPSA) is 87.0 Å². The standard InChI is InChI=1S/C15H14O5/c16-11-9-15(19,10-5-2-1-3-6-10)20-12-7-4-8-14(17,18)13(11)12/h1-8,13,17-19H,9H2. The SMILES string of the molecule is O=C1CC(O)(c2ccccc2)OC2=CC=CC(O)(O)C12. The van der Waals surface area contributed by atoms with Gasteiger partial charge in [0.2, 0.25) is 5.79 Å². The average molecular weight is 274 g/mol. The van der Waals surface area contributed by atoms with Crippen LogP contribution in [0.4, 0.5) is 0 Å². The van der Waals surface area contributed by atoms with Crippen LogP contribution < -0.4 is 0 Å². The molecular weight excluding hydrogens is 260 g/mol. The van der Waals surface area contributed by atoms with Gasteiger partial charge in [-0.15, -0.1) is 0 Å². The van der Waals surface area contributed by atoms with Crippen molar-refractivity contribution >= 4 is 5.78 Å². The second-order valence-electron chi connectivity index (χ2n) is 5.04. The number of benzene rings is 1. The summed E-state index contributed by atoms with van der Waals surface area (Å²) in [6.45, 7) is 0. The maximum atomic E-state index is 12.2. The second kappa shape index (κ2) is 4.28. The molecule has 20 heavy (non-hydrogen) atoms. The molecule has 3 rings (SSSR count). The summed E-state index contributed by atoms with van der Waals surface area (Å²) in [5, 5.41) is 30.2. The van der Waals surface area contributed by atoms with Crippen LogP contribution >= 0.6 is 0 Å². The van der Waals surface area contributed by atoms with Gasteiger partial charge < -0.3 is 20.1 Å². The highest BCUT2D eigenvalue weighted by molar-refractivity contribution is 5.87. The molecule has 5 nitrogen and oxygen atoms in total. The van der Waals surface area contributed by atoms with Crippen LogP contribution in [0.2, 0.25) is 0 Å². The number of rotatable bonds is 1. The highest BCUT2D eigenvalue weighted by atomic mass is 16.6. The van der Waals surface area contributed by atoms with Gasteiger partial charge in [0.15, 0.2) is 11.6 Å². The number of carbonyl (C=O) groups is 1. The molecule has 1 saturated heterocycles. The lowest BCUT2D eigenvalue weighted by atomic mass is 9.81. The maximum absolute atomic E-state index is 12.2. The smallest absolute Gasteiger partial charge is 0.241 e. The van der Waals surface area contributed by atoms with Crippen molar-refractivity contribution < 1.29 is 24.9 Å². The Balaban J connectivity index is 2.00. The molecule has 1 fully saturated rings. The zero-order valence-corrected chi connectivity index (χ0v) is 10.6. The molecule has 1 aliphatic heterocycles. The molecule has 2 atom stereocenters. The van der Waals surface area contributed by atoms with Crippen molar-refractivity contribution in [3.63, 3.8) is 0 Å². The molecule has 3 N–H and O–H groups in total. The van der Waals surface area contributed by atoms with Gasteiger partial charge in [0, 0.05) is 5.56 Å². The Morgan fingerprint density at radius 2 is 1.85 bits per heavy atom. The zero-order valence-electron chi connectivity index (χ0n) is 10.6. The van der Waals surface area contributed by atoms with Gasteiger partial charge in [-0.1, -0.05) is 36.4 Å². The largest absolute Gasteiger partial charge is 0.461 e. The Kier molecular flexibility index (Phi) is 2.79.